The number of H-pyrrole nitrogens is 1. The Labute approximate surface area is 107 Å². The zero-order valence-corrected chi connectivity index (χ0v) is 11.3. The summed E-state index contributed by atoms with van der Waals surface area (Å²) in [6.45, 7) is 2.24. The van der Waals surface area contributed by atoms with Gasteiger partial charge >= 0.3 is 0 Å². The van der Waals surface area contributed by atoms with Crippen molar-refractivity contribution < 1.29 is 13.5 Å². The van der Waals surface area contributed by atoms with E-state index in [2.05, 4.69) is 9.97 Å². The van der Waals surface area contributed by atoms with Crippen molar-refractivity contribution in [2.45, 2.75) is 43.7 Å². The highest BCUT2D eigenvalue weighted by molar-refractivity contribution is 7.89. The molecule has 102 valence electrons. The number of aromatic amines is 1. The Morgan fingerprint density at radius 2 is 2.33 bits per heavy atom. The molecule has 0 spiro atoms. The summed E-state index contributed by atoms with van der Waals surface area (Å²) in [6.07, 6.45) is 4.53. The van der Waals surface area contributed by atoms with Gasteiger partial charge in [0, 0.05) is 19.0 Å². The highest BCUT2D eigenvalue weighted by atomic mass is 32.2. The monoisotopic (exact) mass is 273 g/mol. The van der Waals surface area contributed by atoms with Gasteiger partial charge in [0.15, 0.2) is 5.03 Å². The Hall–Kier alpha value is -0.920. The molecule has 6 nitrogen and oxygen atoms in total. The van der Waals surface area contributed by atoms with Crippen molar-refractivity contribution in [2.24, 2.45) is 0 Å². The first kappa shape index (κ1) is 13.5. The zero-order chi connectivity index (χ0) is 13.2. The first-order chi connectivity index (χ1) is 8.59. The van der Waals surface area contributed by atoms with Gasteiger partial charge in [-0.2, -0.15) is 4.31 Å². The number of aliphatic hydroxyl groups is 1. The largest absolute Gasteiger partial charge is 0.395 e. The van der Waals surface area contributed by atoms with E-state index in [-0.39, 0.29) is 17.7 Å². The molecule has 1 atom stereocenters. The van der Waals surface area contributed by atoms with Crippen LogP contribution in [0.3, 0.4) is 0 Å². The summed E-state index contributed by atoms with van der Waals surface area (Å²) in [5, 5.41) is 9.42. The number of hydrogen-bond acceptors (Lipinski definition) is 4. The van der Waals surface area contributed by atoms with Gasteiger partial charge < -0.3 is 10.1 Å². The first-order valence-electron chi connectivity index (χ1n) is 6.26. The molecule has 0 radical (unpaired) electrons. The molecule has 18 heavy (non-hydrogen) atoms. The van der Waals surface area contributed by atoms with Gasteiger partial charge in [0.25, 0.3) is 10.0 Å². The Bertz CT molecular complexity index is 497. The molecule has 2 heterocycles. The van der Waals surface area contributed by atoms with Crippen LogP contribution in [0.1, 0.15) is 32.0 Å². The van der Waals surface area contributed by atoms with Crippen LogP contribution in [-0.4, -0.2) is 47.0 Å². The molecule has 2 N–H and O–H groups in total. The van der Waals surface area contributed by atoms with Crippen LogP contribution in [0.2, 0.25) is 0 Å². The zero-order valence-electron chi connectivity index (χ0n) is 10.5. The van der Waals surface area contributed by atoms with Gasteiger partial charge in [-0.15, -0.1) is 0 Å². The minimum atomic E-state index is -3.56. The van der Waals surface area contributed by atoms with Crippen molar-refractivity contribution in [2.75, 3.05) is 13.2 Å². The van der Waals surface area contributed by atoms with Crippen molar-refractivity contribution in [3.63, 3.8) is 0 Å². The summed E-state index contributed by atoms with van der Waals surface area (Å²) < 4.78 is 26.3. The molecule has 1 aliphatic rings. The number of nitrogens with zero attached hydrogens (tertiary/aromatic N) is 2. The topological polar surface area (TPSA) is 86.3 Å². The fourth-order valence-electron chi connectivity index (χ4n) is 2.25. The molecular formula is C11H19N3O3S. The molecule has 1 saturated heterocycles. The van der Waals surface area contributed by atoms with E-state index in [1.807, 2.05) is 6.92 Å². The van der Waals surface area contributed by atoms with Crippen LogP contribution in [0.25, 0.3) is 0 Å². The van der Waals surface area contributed by atoms with Crippen molar-refractivity contribution in [3.05, 3.63) is 12.0 Å². The summed E-state index contributed by atoms with van der Waals surface area (Å²) in [5.41, 5.74) is 0. The Kier molecular flexibility index (Phi) is 4.04. The molecule has 0 bridgehead atoms. The normalized spacial score (nSPS) is 22.2. The number of aliphatic hydroxyl groups excluding tert-OH is 1. The van der Waals surface area contributed by atoms with E-state index >= 15 is 0 Å². The van der Waals surface area contributed by atoms with Gasteiger partial charge in [-0.25, -0.2) is 13.4 Å². The lowest BCUT2D eigenvalue weighted by Gasteiger charge is -2.32. The smallest absolute Gasteiger partial charge is 0.260 e. The number of piperidine rings is 1. The lowest BCUT2D eigenvalue weighted by Crippen LogP contribution is -2.45. The predicted molar refractivity (Wildman–Crippen MR) is 66.6 cm³/mol. The Balaban J connectivity index is 2.28. The molecule has 0 aliphatic carbocycles. The third kappa shape index (κ3) is 2.43. The molecular weight excluding hydrogens is 254 g/mol. The number of rotatable bonds is 4. The Morgan fingerprint density at radius 1 is 1.56 bits per heavy atom. The van der Waals surface area contributed by atoms with Crippen molar-refractivity contribution in [1.82, 2.24) is 14.3 Å². The number of nitrogens with one attached hydrogen (secondary N) is 1. The molecule has 7 heteroatoms. The second-order valence-corrected chi connectivity index (χ2v) is 6.35. The van der Waals surface area contributed by atoms with E-state index in [1.165, 1.54) is 10.5 Å². The van der Waals surface area contributed by atoms with E-state index < -0.39 is 10.0 Å². The Morgan fingerprint density at radius 3 is 2.94 bits per heavy atom. The highest BCUT2D eigenvalue weighted by Gasteiger charge is 2.34. The summed E-state index contributed by atoms with van der Waals surface area (Å²) in [6, 6.07) is -0.308. The van der Waals surface area contributed by atoms with Crippen molar-refractivity contribution >= 4 is 10.0 Å². The molecule has 2 rings (SSSR count). The van der Waals surface area contributed by atoms with Crippen molar-refractivity contribution in [3.8, 4) is 0 Å². The van der Waals surface area contributed by atoms with Crippen LogP contribution in [0, 0.1) is 0 Å². The minimum absolute atomic E-state index is 0.125. The number of imidazole rings is 1. The molecule has 0 saturated carbocycles. The summed E-state index contributed by atoms with van der Waals surface area (Å²) in [4.78, 5) is 6.85. The number of aromatic nitrogens is 2. The SMILES string of the molecule is CCc1ncc(S(=O)(=O)N2CCCCC2CO)[nH]1. The predicted octanol–water partition coefficient (Wildman–Crippen LogP) is 0.508. The summed E-state index contributed by atoms with van der Waals surface area (Å²) >= 11 is 0. The molecule has 1 unspecified atom stereocenters. The molecule has 0 aromatic carbocycles. The second kappa shape index (κ2) is 5.38. The van der Waals surface area contributed by atoms with Gasteiger partial charge in [0.05, 0.1) is 12.8 Å². The average molecular weight is 273 g/mol. The van der Waals surface area contributed by atoms with E-state index in [9.17, 15) is 13.5 Å². The summed E-state index contributed by atoms with van der Waals surface area (Å²) in [7, 11) is -3.56. The molecule has 1 fully saturated rings. The highest BCUT2D eigenvalue weighted by Crippen LogP contribution is 2.24. The second-order valence-electron chi connectivity index (χ2n) is 4.50. The van der Waals surface area contributed by atoms with Crippen LogP contribution in [0.4, 0.5) is 0 Å². The van der Waals surface area contributed by atoms with Crippen LogP contribution in [-0.2, 0) is 16.4 Å². The van der Waals surface area contributed by atoms with Crippen LogP contribution >= 0.6 is 0 Å². The standard InChI is InChI=1S/C11H19N3O3S/c1-2-10-12-7-11(13-10)18(16,17)14-6-4-3-5-9(14)8-15/h7,9,15H,2-6,8H2,1H3,(H,12,13). The third-order valence-corrected chi connectivity index (χ3v) is 5.17. The van der Waals surface area contributed by atoms with E-state index in [1.54, 1.807) is 0 Å². The molecule has 1 aromatic rings. The van der Waals surface area contributed by atoms with Gasteiger partial charge in [0.2, 0.25) is 0 Å². The number of hydrogen-bond donors (Lipinski definition) is 2. The van der Waals surface area contributed by atoms with E-state index in [0.29, 0.717) is 25.2 Å². The lowest BCUT2D eigenvalue weighted by molar-refractivity contribution is 0.155. The fourth-order valence-corrected chi connectivity index (χ4v) is 3.87. The van der Waals surface area contributed by atoms with Crippen LogP contribution < -0.4 is 0 Å². The van der Waals surface area contributed by atoms with Gasteiger partial charge in [0.1, 0.15) is 5.82 Å². The minimum Gasteiger partial charge on any atom is -0.395 e. The fraction of sp³-hybridized carbons (Fsp3) is 0.727. The molecule has 1 aromatic heterocycles. The molecule has 1 aliphatic heterocycles. The number of sulfonamides is 1. The van der Waals surface area contributed by atoms with Gasteiger partial charge in [-0.05, 0) is 12.8 Å². The number of aryl methyl sites for hydroxylation is 1. The quantitative estimate of drug-likeness (QED) is 0.836. The molecule has 0 amide bonds. The maximum absolute atomic E-state index is 12.4. The van der Waals surface area contributed by atoms with E-state index in [0.717, 1.165) is 12.8 Å². The summed E-state index contributed by atoms with van der Waals surface area (Å²) in [5.74, 6) is 0.658. The lowest BCUT2D eigenvalue weighted by atomic mass is 10.1. The first-order valence-corrected chi connectivity index (χ1v) is 7.70. The van der Waals surface area contributed by atoms with Crippen molar-refractivity contribution in [1.29, 1.82) is 0 Å². The van der Waals surface area contributed by atoms with Gasteiger partial charge in [-0.1, -0.05) is 13.3 Å². The van der Waals surface area contributed by atoms with E-state index in [4.69, 9.17) is 0 Å². The van der Waals surface area contributed by atoms with Gasteiger partial charge in [-0.3, -0.25) is 0 Å². The average Bonchev–Trinajstić information content (AvgIpc) is 2.88. The maximum atomic E-state index is 12.4. The maximum Gasteiger partial charge on any atom is 0.260 e. The van der Waals surface area contributed by atoms with Crippen LogP contribution in [0.15, 0.2) is 11.2 Å². The van der Waals surface area contributed by atoms with Crippen LogP contribution in [0.5, 0.6) is 0 Å². The third-order valence-electron chi connectivity index (χ3n) is 3.31.